The van der Waals surface area contributed by atoms with Crippen molar-refractivity contribution in [2.24, 2.45) is 0 Å². The highest BCUT2D eigenvalue weighted by molar-refractivity contribution is 7.88. The van der Waals surface area contributed by atoms with Crippen LogP contribution < -0.4 is 21.1 Å². The number of nitrogens with zero attached hydrogens (tertiary/aromatic N) is 4. The highest BCUT2D eigenvalue weighted by Crippen LogP contribution is 2.32. The fourth-order valence-electron chi connectivity index (χ4n) is 4.71. The topological polar surface area (TPSA) is 308 Å². The lowest BCUT2D eigenvalue weighted by Crippen LogP contribution is -2.56. The summed E-state index contributed by atoms with van der Waals surface area (Å²) in [7, 11) is -13.5. The molecule has 4 fully saturated rings. The molecule has 0 aromatic rings. The van der Waals surface area contributed by atoms with Gasteiger partial charge in [0.05, 0.1) is 18.3 Å². The second-order valence-corrected chi connectivity index (χ2v) is 13.6. The number of rotatable bonds is 8. The SMILES string of the molecule is CS(=O)(=O)NNC(=O)[C@@H]1CC[C@@H]2CN1C(=O)N2OS(=O)(=O)O.O=C(NNC(=O)C(F)(F)F)[C@@H]1CC[C@@H]2CN1C(=O)N2OS(=O)(=O)O. The molecule has 29 heteroatoms. The number of hydrogen-bond acceptors (Lipinski definition) is 13. The number of hydrogen-bond donors (Lipinski definition) is 6. The maximum atomic E-state index is 12.0. The molecule has 46 heavy (non-hydrogen) atoms. The van der Waals surface area contributed by atoms with Crippen LogP contribution in [0.4, 0.5) is 22.8 Å². The van der Waals surface area contributed by atoms with Gasteiger partial charge in [0.2, 0.25) is 10.0 Å². The first kappa shape index (κ1) is 36.9. The van der Waals surface area contributed by atoms with E-state index >= 15 is 0 Å². The number of alkyl halides is 3. The first-order valence-electron chi connectivity index (χ1n) is 12.4. The lowest BCUT2D eigenvalue weighted by molar-refractivity contribution is -0.175. The van der Waals surface area contributed by atoms with E-state index in [2.05, 4.69) is 8.57 Å². The first-order chi connectivity index (χ1) is 20.9. The van der Waals surface area contributed by atoms with E-state index in [4.69, 9.17) is 9.11 Å². The summed E-state index contributed by atoms with van der Waals surface area (Å²) in [4.78, 5) is 62.1. The fourth-order valence-corrected chi connectivity index (χ4v) is 5.77. The molecule has 4 atom stereocenters. The van der Waals surface area contributed by atoms with Crippen molar-refractivity contribution in [3.05, 3.63) is 0 Å². The molecule has 4 rings (SSSR count). The van der Waals surface area contributed by atoms with Crippen LogP contribution in [0.1, 0.15) is 25.7 Å². The molecule has 0 saturated carbocycles. The monoisotopic (exact) mass is 734 g/mol. The van der Waals surface area contributed by atoms with Gasteiger partial charge in [-0.1, -0.05) is 0 Å². The average molecular weight is 735 g/mol. The Labute approximate surface area is 257 Å². The molecule has 0 spiro atoms. The lowest BCUT2D eigenvalue weighted by atomic mass is 10.0. The number of fused-ring (bicyclic) bond motifs is 4. The maximum Gasteiger partial charge on any atom is 0.472 e. The highest BCUT2D eigenvalue weighted by atomic mass is 32.3. The standard InChI is InChI=1S/C9H11F3N4O7S.C8H14N4O8S2/c10-9(11,12)7(18)14-13-6(17)5-2-1-4-3-15(5)8(19)16(4)23-24(20,21)22;1-21(15,16)10-9-7(13)6-3-2-5-4-11(6)8(14)12(5)20-22(17,18)19/h4-5H,1-3H2,(H,13,17)(H,14,18)(H,20,21,22);5-6,10H,2-4H2,1H3,(H,9,13)(H,17,18,19)/t4-,5+;5-,6+/m11/s1. The second kappa shape index (κ2) is 13.2. The molecule has 262 valence electrons. The number of sulfonamides is 1. The molecular weight excluding hydrogens is 709 g/mol. The third-order valence-corrected chi connectivity index (χ3v) is 7.69. The molecular formula is C17H25F3N8O15S3. The van der Waals surface area contributed by atoms with Crippen molar-refractivity contribution >= 4 is 60.6 Å². The van der Waals surface area contributed by atoms with Gasteiger partial charge < -0.3 is 9.80 Å². The quantitative estimate of drug-likeness (QED) is 0.103. The number of carbonyl (C=O) groups is 5. The molecule has 4 bridgehead atoms. The van der Waals surface area contributed by atoms with E-state index in [9.17, 15) is 62.4 Å². The molecule has 0 unspecified atom stereocenters. The zero-order valence-corrected chi connectivity index (χ0v) is 25.4. The van der Waals surface area contributed by atoms with E-state index in [1.165, 1.54) is 0 Å². The van der Waals surface area contributed by atoms with E-state index < -0.39 is 90.9 Å². The third-order valence-electron chi connectivity index (χ3n) is 6.52. The van der Waals surface area contributed by atoms with E-state index in [0.29, 0.717) is 10.1 Å². The van der Waals surface area contributed by atoms with E-state index in [-0.39, 0.29) is 38.8 Å². The average Bonchev–Trinajstić information content (AvgIpc) is 3.28. The largest absolute Gasteiger partial charge is 0.472 e. The second-order valence-electron chi connectivity index (χ2n) is 9.82. The van der Waals surface area contributed by atoms with Crippen LogP contribution >= 0.6 is 0 Å². The van der Waals surface area contributed by atoms with Gasteiger partial charge in [0.1, 0.15) is 12.1 Å². The Balaban J connectivity index is 0.000000251. The zero-order valence-electron chi connectivity index (χ0n) is 22.9. The molecule has 6 N–H and O–H groups in total. The molecule has 0 radical (unpaired) electrons. The van der Waals surface area contributed by atoms with Crippen molar-refractivity contribution in [3.63, 3.8) is 0 Å². The first-order valence-corrected chi connectivity index (χ1v) is 17.0. The molecule has 4 aliphatic heterocycles. The minimum Gasteiger partial charge on any atom is -0.309 e. The summed E-state index contributed by atoms with van der Waals surface area (Å²) in [6.45, 7) is -0.120. The number of urea groups is 2. The normalized spacial score (nSPS) is 24.7. The number of carbonyl (C=O) groups excluding carboxylic acids is 5. The van der Waals surface area contributed by atoms with Gasteiger partial charge in [-0.15, -0.1) is 13.4 Å². The number of halogens is 3. The minimum absolute atomic E-state index is 0.0184. The molecule has 23 nitrogen and oxygen atoms in total. The Kier molecular flexibility index (Phi) is 10.6. The van der Waals surface area contributed by atoms with Crippen molar-refractivity contribution < 1.29 is 80.1 Å². The van der Waals surface area contributed by atoms with Crippen LogP contribution in [0.5, 0.6) is 0 Å². The van der Waals surface area contributed by atoms with Gasteiger partial charge in [0, 0.05) is 13.1 Å². The Morgan fingerprint density at radius 1 is 0.739 bits per heavy atom. The van der Waals surface area contributed by atoms with Crippen LogP contribution in [0.15, 0.2) is 0 Å². The third kappa shape index (κ3) is 9.46. The highest BCUT2D eigenvalue weighted by Gasteiger charge is 2.51. The molecule has 0 aliphatic carbocycles. The van der Waals surface area contributed by atoms with Gasteiger partial charge in [0.25, 0.3) is 11.8 Å². The number of amides is 7. The van der Waals surface area contributed by atoms with Crippen LogP contribution in [0, 0.1) is 0 Å². The number of hydrazine groups is 2. The number of nitrogens with one attached hydrogen (secondary N) is 4. The summed E-state index contributed by atoms with van der Waals surface area (Å²) in [5.74, 6) is -4.24. The van der Waals surface area contributed by atoms with Crippen LogP contribution in [0.3, 0.4) is 0 Å². The van der Waals surface area contributed by atoms with Crippen LogP contribution in [0.2, 0.25) is 0 Å². The van der Waals surface area contributed by atoms with Gasteiger partial charge in [-0.2, -0.15) is 40.1 Å². The predicted octanol–water partition coefficient (Wildman–Crippen LogP) is -3.73. The molecule has 4 heterocycles. The molecule has 7 amide bonds. The predicted molar refractivity (Wildman–Crippen MR) is 135 cm³/mol. The summed E-state index contributed by atoms with van der Waals surface area (Å²) >= 11 is 0. The van der Waals surface area contributed by atoms with Crippen molar-refractivity contribution in [2.45, 2.75) is 56.0 Å². The van der Waals surface area contributed by atoms with Crippen LogP contribution in [-0.2, 0) is 53.8 Å². The molecule has 4 saturated heterocycles. The minimum atomic E-state index is -5.20. The van der Waals surface area contributed by atoms with Gasteiger partial charge in [0.15, 0.2) is 0 Å². The Morgan fingerprint density at radius 2 is 1.13 bits per heavy atom. The van der Waals surface area contributed by atoms with Crippen molar-refractivity contribution in [1.29, 1.82) is 0 Å². The van der Waals surface area contributed by atoms with Crippen molar-refractivity contribution in [3.8, 4) is 0 Å². The summed E-state index contributed by atoms with van der Waals surface area (Å²) in [5, 5.41) is 0.865. The van der Waals surface area contributed by atoms with Gasteiger partial charge in [-0.25, -0.2) is 18.0 Å². The lowest BCUT2D eigenvalue weighted by Gasteiger charge is -2.29. The molecule has 0 aromatic heterocycles. The van der Waals surface area contributed by atoms with Crippen molar-refractivity contribution in [1.82, 2.24) is 41.0 Å². The van der Waals surface area contributed by atoms with Gasteiger partial charge >= 0.3 is 44.9 Å². The van der Waals surface area contributed by atoms with Crippen LogP contribution in [-0.4, -0.2) is 134 Å². The summed E-state index contributed by atoms with van der Waals surface area (Å²) in [6, 6.07) is -5.56. The molecule has 4 aliphatic rings. The van der Waals surface area contributed by atoms with Gasteiger partial charge in [-0.3, -0.25) is 39.8 Å². The smallest absolute Gasteiger partial charge is 0.309 e. The van der Waals surface area contributed by atoms with E-state index in [0.717, 1.165) is 21.5 Å². The summed E-state index contributed by atoms with van der Waals surface area (Å²) in [5.41, 5.74) is 4.67. The zero-order chi connectivity index (χ0) is 35.0. The van der Waals surface area contributed by atoms with Crippen molar-refractivity contribution in [2.75, 3.05) is 19.3 Å². The van der Waals surface area contributed by atoms with E-state index in [1.54, 1.807) is 10.3 Å². The number of hydroxylamine groups is 4. The molecule has 0 aromatic carbocycles. The fraction of sp³-hybridized carbons (Fsp3) is 0.706. The Bertz CT molecular complexity index is 1590. The van der Waals surface area contributed by atoms with Crippen LogP contribution in [0.25, 0.3) is 0 Å². The Hall–Kier alpha value is -3.61. The van der Waals surface area contributed by atoms with E-state index in [1.807, 2.05) is 5.43 Å². The summed E-state index contributed by atoms with van der Waals surface area (Å²) in [6.07, 6.45) is -3.87. The van der Waals surface area contributed by atoms with Gasteiger partial charge in [-0.05, 0) is 25.7 Å². The summed E-state index contributed by atoms with van der Waals surface area (Å²) < 4.78 is 126. The number of piperidine rings is 2. The maximum absolute atomic E-state index is 12.0. The Morgan fingerprint density at radius 3 is 1.48 bits per heavy atom.